The Bertz CT molecular complexity index is 344. The number of hydrogen-bond acceptors (Lipinski definition) is 2. The molecule has 1 aromatic carbocycles. The molecule has 0 unspecified atom stereocenters. The van der Waals surface area contributed by atoms with Crippen LogP contribution in [-0.2, 0) is 0 Å². The Hall–Kier alpha value is -0.780. The van der Waals surface area contributed by atoms with Gasteiger partial charge in [0, 0.05) is 25.7 Å². The standard InChI is InChI=1S/C10H11F3N2.ClH/c11-7-3-6(4-8(12)10(7)13)9-5-14-1-2-15-9;/h3-4,9,14-15H,1-2,5H2;1H/t9-;/m0./s1. The molecule has 0 bridgehead atoms. The third-order valence-corrected chi connectivity index (χ3v) is 2.45. The van der Waals surface area contributed by atoms with E-state index in [1.54, 1.807) is 0 Å². The highest BCUT2D eigenvalue weighted by Gasteiger charge is 2.18. The van der Waals surface area contributed by atoms with Gasteiger partial charge in [-0.25, -0.2) is 13.2 Å². The van der Waals surface area contributed by atoms with Crippen molar-refractivity contribution in [3.63, 3.8) is 0 Å². The first kappa shape index (κ1) is 13.3. The number of benzene rings is 1. The zero-order chi connectivity index (χ0) is 10.8. The van der Waals surface area contributed by atoms with E-state index in [-0.39, 0.29) is 18.4 Å². The van der Waals surface area contributed by atoms with E-state index >= 15 is 0 Å². The van der Waals surface area contributed by atoms with Crippen molar-refractivity contribution in [2.24, 2.45) is 0 Å². The molecule has 0 saturated carbocycles. The van der Waals surface area contributed by atoms with Gasteiger partial charge in [0.25, 0.3) is 0 Å². The second kappa shape index (κ2) is 5.52. The van der Waals surface area contributed by atoms with E-state index in [9.17, 15) is 13.2 Å². The molecule has 2 nitrogen and oxygen atoms in total. The fourth-order valence-corrected chi connectivity index (χ4v) is 1.67. The fourth-order valence-electron chi connectivity index (χ4n) is 1.67. The van der Waals surface area contributed by atoms with E-state index in [0.717, 1.165) is 25.2 Å². The Morgan fingerprint density at radius 3 is 2.19 bits per heavy atom. The van der Waals surface area contributed by atoms with Crippen molar-refractivity contribution in [2.75, 3.05) is 19.6 Å². The van der Waals surface area contributed by atoms with Crippen molar-refractivity contribution in [1.29, 1.82) is 0 Å². The van der Waals surface area contributed by atoms with Crippen molar-refractivity contribution >= 4 is 12.4 Å². The Morgan fingerprint density at radius 1 is 1.06 bits per heavy atom. The average molecular weight is 253 g/mol. The van der Waals surface area contributed by atoms with Crippen LogP contribution in [-0.4, -0.2) is 19.6 Å². The number of halogens is 4. The Kier molecular flexibility index (Phi) is 4.58. The van der Waals surface area contributed by atoms with Crippen LogP contribution in [0.25, 0.3) is 0 Å². The lowest BCUT2D eigenvalue weighted by molar-refractivity contribution is 0.413. The van der Waals surface area contributed by atoms with Gasteiger partial charge < -0.3 is 10.6 Å². The summed E-state index contributed by atoms with van der Waals surface area (Å²) >= 11 is 0. The Labute approximate surface area is 97.6 Å². The van der Waals surface area contributed by atoms with E-state index in [2.05, 4.69) is 10.6 Å². The molecular weight excluding hydrogens is 241 g/mol. The molecule has 0 spiro atoms. The summed E-state index contributed by atoms with van der Waals surface area (Å²) in [6, 6.07) is 1.90. The Morgan fingerprint density at radius 2 is 1.69 bits per heavy atom. The lowest BCUT2D eigenvalue weighted by Gasteiger charge is -2.24. The molecule has 6 heteroatoms. The highest BCUT2D eigenvalue weighted by atomic mass is 35.5. The minimum absolute atomic E-state index is 0. The van der Waals surface area contributed by atoms with Crippen LogP contribution in [0.15, 0.2) is 12.1 Å². The molecule has 1 aromatic rings. The Balaban J connectivity index is 0.00000128. The van der Waals surface area contributed by atoms with E-state index < -0.39 is 17.5 Å². The summed E-state index contributed by atoms with van der Waals surface area (Å²) in [4.78, 5) is 0. The average Bonchev–Trinajstić information content (AvgIpc) is 2.26. The molecule has 0 radical (unpaired) electrons. The maximum absolute atomic E-state index is 12.9. The number of nitrogens with one attached hydrogen (secondary N) is 2. The normalized spacial score (nSPS) is 20.3. The third-order valence-electron chi connectivity index (χ3n) is 2.45. The minimum Gasteiger partial charge on any atom is -0.314 e. The highest BCUT2D eigenvalue weighted by Crippen LogP contribution is 2.19. The molecule has 1 saturated heterocycles. The molecule has 2 rings (SSSR count). The molecule has 0 amide bonds. The summed E-state index contributed by atoms with van der Waals surface area (Å²) < 4.78 is 38.6. The summed E-state index contributed by atoms with van der Waals surface area (Å²) in [5, 5.41) is 6.18. The first-order chi connectivity index (χ1) is 7.18. The molecular formula is C10H12ClF3N2. The van der Waals surface area contributed by atoms with Crippen molar-refractivity contribution < 1.29 is 13.2 Å². The van der Waals surface area contributed by atoms with E-state index in [1.807, 2.05) is 0 Å². The van der Waals surface area contributed by atoms with Gasteiger partial charge in [0.05, 0.1) is 0 Å². The summed E-state index contributed by atoms with van der Waals surface area (Å²) in [7, 11) is 0. The van der Waals surface area contributed by atoms with Gasteiger partial charge in [-0.15, -0.1) is 12.4 Å². The molecule has 1 fully saturated rings. The van der Waals surface area contributed by atoms with Crippen LogP contribution < -0.4 is 10.6 Å². The lowest BCUT2D eigenvalue weighted by atomic mass is 10.0. The summed E-state index contributed by atoms with van der Waals surface area (Å²) in [6.45, 7) is 2.14. The largest absolute Gasteiger partial charge is 0.314 e. The van der Waals surface area contributed by atoms with Gasteiger partial charge in [-0.3, -0.25) is 0 Å². The summed E-state index contributed by atoms with van der Waals surface area (Å²) in [5.41, 5.74) is 0.429. The lowest BCUT2D eigenvalue weighted by Crippen LogP contribution is -2.42. The summed E-state index contributed by atoms with van der Waals surface area (Å²) in [6.07, 6.45) is 0. The van der Waals surface area contributed by atoms with Crippen LogP contribution in [0.3, 0.4) is 0 Å². The zero-order valence-electron chi connectivity index (χ0n) is 8.40. The highest BCUT2D eigenvalue weighted by molar-refractivity contribution is 5.85. The predicted octanol–water partition coefficient (Wildman–Crippen LogP) is 1.76. The maximum Gasteiger partial charge on any atom is 0.194 e. The molecule has 1 heterocycles. The molecule has 1 aliphatic heterocycles. The van der Waals surface area contributed by atoms with Gasteiger partial charge in [0.2, 0.25) is 0 Å². The van der Waals surface area contributed by atoms with Crippen LogP contribution in [0.2, 0.25) is 0 Å². The van der Waals surface area contributed by atoms with Crippen LogP contribution in [0, 0.1) is 17.5 Å². The number of piperazine rings is 1. The molecule has 0 aromatic heterocycles. The third kappa shape index (κ3) is 2.66. The second-order valence-corrected chi connectivity index (χ2v) is 3.51. The smallest absolute Gasteiger partial charge is 0.194 e. The second-order valence-electron chi connectivity index (χ2n) is 3.51. The van der Waals surface area contributed by atoms with Crippen LogP contribution in [0.4, 0.5) is 13.2 Å². The predicted molar refractivity (Wildman–Crippen MR) is 57.2 cm³/mol. The van der Waals surface area contributed by atoms with Crippen LogP contribution in [0.5, 0.6) is 0 Å². The summed E-state index contributed by atoms with van der Waals surface area (Å²) in [5.74, 6) is -3.70. The van der Waals surface area contributed by atoms with Gasteiger partial charge in [0.1, 0.15) is 0 Å². The van der Waals surface area contributed by atoms with Gasteiger partial charge >= 0.3 is 0 Å². The van der Waals surface area contributed by atoms with Gasteiger partial charge in [-0.2, -0.15) is 0 Å². The van der Waals surface area contributed by atoms with Crippen molar-refractivity contribution in [3.05, 3.63) is 35.1 Å². The van der Waals surface area contributed by atoms with E-state index in [1.165, 1.54) is 0 Å². The molecule has 1 aliphatic rings. The van der Waals surface area contributed by atoms with Crippen molar-refractivity contribution in [2.45, 2.75) is 6.04 Å². The van der Waals surface area contributed by atoms with Gasteiger partial charge in [-0.1, -0.05) is 0 Å². The molecule has 1 atom stereocenters. The molecule has 90 valence electrons. The monoisotopic (exact) mass is 252 g/mol. The SMILES string of the molecule is Cl.Fc1cc([C@@H]2CNCCN2)cc(F)c1F. The molecule has 0 aliphatic carbocycles. The van der Waals surface area contributed by atoms with Crippen LogP contribution in [0.1, 0.15) is 11.6 Å². The zero-order valence-corrected chi connectivity index (χ0v) is 9.21. The fraction of sp³-hybridized carbons (Fsp3) is 0.400. The van der Waals surface area contributed by atoms with E-state index in [4.69, 9.17) is 0 Å². The molecule has 16 heavy (non-hydrogen) atoms. The van der Waals surface area contributed by atoms with Crippen molar-refractivity contribution in [3.8, 4) is 0 Å². The van der Waals surface area contributed by atoms with E-state index in [0.29, 0.717) is 12.1 Å². The first-order valence-corrected chi connectivity index (χ1v) is 4.77. The maximum atomic E-state index is 12.9. The quantitative estimate of drug-likeness (QED) is 0.745. The van der Waals surface area contributed by atoms with Crippen LogP contribution >= 0.6 is 12.4 Å². The first-order valence-electron chi connectivity index (χ1n) is 4.77. The topological polar surface area (TPSA) is 24.1 Å². The van der Waals surface area contributed by atoms with Gasteiger partial charge in [0.15, 0.2) is 17.5 Å². The number of hydrogen-bond donors (Lipinski definition) is 2. The molecule has 2 N–H and O–H groups in total. The van der Waals surface area contributed by atoms with Crippen molar-refractivity contribution in [1.82, 2.24) is 10.6 Å². The minimum atomic E-state index is -1.41. The number of rotatable bonds is 1. The van der Waals surface area contributed by atoms with Gasteiger partial charge in [-0.05, 0) is 17.7 Å².